The van der Waals surface area contributed by atoms with Gasteiger partial charge in [-0.3, -0.25) is 4.79 Å². The van der Waals surface area contributed by atoms with Crippen molar-refractivity contribution in [2.45, 2.75) is 59.4 Å². The van der Waals surface area contributed by atoms with E-state index in [1.165, 1.54) is 25.7 Å². The molecule has 1 amide bonds. The second-order valence-corrected chi connectivity index (χ2v) is 7.70. The Morgan fingerprint density at radius 3 is 2.15 bits per heavy atom. The molecule has 27 heavy (non-hydrogen) atoms. The van der Waals surface area contributed by atoms with Gasteiger partial charge in [-0.25, -0.2) is 0 Å². The summed E-state index contributed by atoms with van der Waals surface area (Å²) >= 11 is 0. The second kappa shape index (κ2) is 8.85. The maximum Gasteiger partial charge on any atom is 0.251 e. The highest BCUT2D eigenvalue weighted by molar-refractivity contribution is 5.95. The van der Waals surface area contributed by atoms with Crippen molar-refractivity contribution in [3.05, 3.63) is 17.7 Å². The van der Waals surface area contributed by atoms with E-state index in [0.717, 1.165) is 11.8 Å². The van der Waals surface area contributed by atoms with Crippen LogP contribution in [0.5, 0.6) is 17.2 Å². The van der Waals surface area contributed by atoms with Gasteiger partial charge in [0.05, 0.1) is 19.8 Å². The number of nitrogens with one attached hydrogen (secondary N) is 1. The van der Waals surface area contributed by atoms with E-state index in [-0.39, 0.29) is 11.9 Å². The predicted molar refractivity (Wildman–Crippen MR) is 106 cm³/mol. The molecule has 0 aromatic heterocycles. The van der Waals surface area contributed by atoms with E-state index in [4.69, 9.17) is 14.2 Å². The van der Waals surface area contributed by atoms with E-state index in [2.05, 4.69) is 12.2 Å². The molecule has 0 radical (unpaired) electrons. The van der Waals surface area contributed by atoms with Crippen molar-refractivity contribution in [2.24, 2.45) is 17.8 Å². The van der Waals surface area contributed by atoms with Gasteiger partial charge in [-0.05, 0) is 76.8 Å². The minimum absolute atomic E-state index is 0.0739. The summed E-state index contributed by atoms with van der Waals surface area (Å²) in [6.07, 6.45) is 5.29. The van der Waals surface area contributed by atoms with Crippen molar-refractivity contribution < 1.29 is 19.0 Å². The zero-order valence-electron chi connectivity index (χ0n) is 17.0. The van der Waals surface area contributed by atoms with Gasteiger partial charge >= 0.3 is 0 Å². The molecule has 0 unspecified atom stereocenters. The Kier molecular flexibility index (Phi) is 6.51. The van der Waals surface area contributed by atoms with Gasteiger partial charge in [-0.2, -0.15) is 0 Å². The van der Waals surface area contributed by atoms with Crippen LogP contribution in [0.15, 0.2) is 12.1 Å². The molecule has 1 aromatic carbocycles. The molecule has 0 aliphatic heterocycles. The largest absolute Gasteiger partial charge is 0.490 e. The number of benzene rings is 1. The Labute approximate surface area is 162 Å². The average molecular weight is 376 g/mol. The molecular formula is C22H33NO4. The van der Waals surface area contributed by atoms with Crippen LogP contribution in [0, 0.1) is 17.8 Å². The van der Waals surface area contributed by atoms with Crippen LogP contribution in [-0.4, -0.2) is 31.8 Å². The van der Waals surface area contributed by atoms with Gasteiger partial charge in [-0.1, -0.05) is 6.42 Å². The number of ether oxygens (including phenoxy) is 3. The fourth-order valence-electron chi connectivity index (χ4n) is 4.82. The van der Waals surface area contributed by atoms with Gasteiger partial charge in [-0.15, -0.1) is 0 Å². The number of hydrogen-bond donors (Lipinski definition) is 1. The first-order chi connectivity index (χ1) is 13.1. The molecule has 2 aliphatic carbocycles. The van der Waals surface area contributed by atoms with Gasteiger partial charge in [0, 0.05) is 11.6 Å². The molecule has 4 atom stereocenters. The van der Waals surface area contributed by atoms with E-state index in [1.807, 2.05) is 20.8 Å². The lowest BCUT2D eigenvalue weighted by molar-refractivity contribution is 0.0914. The number of carbonyl (C=O) groups is 1. The maximum atomic E-state index is 12.9. The van der Waals surface area contributed by atoms with E-state index in [9.17, 15) is 4.79 Å². The maximum absolute atomic E-state index is 12.9. The Hall–Kier alpha value is -1.91. The molecule has 150 valence electrons. The monoisotopic (exact) mass is 375 g/mol. The summed E-state index contributed by atoms with van der Waals surface area (Å²) in [6.45, 7) is 9.40. The normalized spacial score (nSPS) is 24.5. The minimum atomic E-state index is -0.0739. The van der Waals surface area contributed by atoms with Gasteiger partial charge in [0.25, 0.3) is 5.91 Å². The molecule has 0 saturated heterocycles. The van der Waals surface area contributed by atoms with E-state index < -0.39 is 0 Å². The van der Waals surface area contributed by atoms with Crippen molar-refractivity contribution in [1.29, 1.82) is 0 Å². The Morgan fingerprint density at radius 1 is 1.04 bits per heavy atom. The van der Waals surface area contributed by atoms with Gasteiger partial charge in [0.1, 0.15) is 0 Å². The highest BCUT2D eigenvalue weighted by Gasteiger charge is 2.42. The third kappa shape index (κ3) is 4.33. The Morgan fingerprint density at radius 2 is 1.67 bits per heavy atom. The molecule has 2 aliphatic rings. The van der Waals surface area contributed by atoms with Crippen molar-refractivity contribution in [3.8, 4) is 17.2 Å². The number of rotatable bonds is 9. The van der Waals surface area contributed by atoms with Crippen LogP contribution in [0.1, 0.15) is 63.7 Å². The summed E-state index contributed by atoms with van der Waals surface area (Å²) in [5.41, 5.74) is 0.556. The average Bonchev–Trinajstić information content (AvgIpc) is 3.28. The van der Waals surface area contributed by atoms with Crippen LogP contribution >= 0.6 is 0 Å². The second-order valence-electron chi connectivity index (χ2n) is 7.70. The van der Waals surface area contributed by atoms with Gasteiger partial charge < -0.3 is 19.5 Å². The fraction of sp³-hybridized carbons (Fsp3) is 0.682. The van der Waals surface area contributed by atoms with Crippen LogP contribution in [0.25, 0.3) is 0 Å². The summed E-state index contributed by atoms with van der Waals surface area (Å²) in [6, 6.07) is 3.71. The van der Waals surface area contributed by atoms with Crippen LogP contribution in [0.2, 0.25) is 0 Å². The SMILES string of the molecule is CCOc1cc(C(=O)N[C@H](C)[C@H]2C[C@@H]3CC[C@@H]2C3)cc(OCC)c1OCC. The Balaban J connectivity index is 1.78. The van der Waals surface area contributed by atoms with Crippen molar-refractivity contribution >= 4 is 5.91 Å². The first-order valence-corrected chi connectivity index (χ1v) is 10.4. The molecule has 2 fully saturated rings. The van der Waals surface area contributed by atoms with E-state index in [1.54, 1.807) is 12.1 Å². The first kappa shape index (κ1) is 19.8. The molecule has 1 N–H and O–H groups in total. The van der Waals surface area contributed by atoms with Crippen LogP contribution in [0.4, 0.5) is 0 Å². The molecule has 3 rings (SSSR count). The molecule has 0 heterocycles. The summed E-state index contributed by atoms with van der Waals surface area (Å²) in [7, 11) is 0. The molecule has 2 saturated carbocycles. The summed E-state index contributed by atoms with van der Waals surface area (Å²) in [5, 5.41) is 3.22. The fourth-order valence-corrected chi connectivity index (χ4v) is 4.82. The van der Waals surface area contributed by atoms with Crippen LogP contribution in [0.3, 0.4) is 0 Å². The molecular weight excluding hydrogens is 342 g/mol. The molecule has 2 bridgehead atoms. The summed E-state index contributed by atoms with van der Waals surface area (Å²) in [4.78, 5) is 12.9. The van der Waals surface area contributed by atoms with Crippen LogP contribution in [-0.2, 0) is 0 Å². The minimum Gasteiger partial charge on any atom is -0.490 e. The zero-order valence-corrected chi connectivity index (χ0v) is 17.0. The third-order valence-corrected chi connectivity index (χ3v) is 5.97. The zero-order chi connectivity index (χ0) is 19.4. The van der Waals surface area contributed by atoms with E-state index in [0.29, 0.717) is 48.6 Å². The molecule has 1 aromatic rings. The highest BCUT2D eigenvalue weighted by atomic mass is 16.5. The molecule has 0 spiro atoms. The number of amides is 1. The summed E-state index contributed by atoms with van der Waals surface area (Å²) < 4.78 is 17.2. The number of fused-ring (bicyclic) bond motifs is 2. The van der Waals surface area contributed by atoms with Crippen molar-refractivity contribution in [3.63, 3.8) is 0 Å². The molecule has 5 heteroatoms. The quantitative estimate of drug-likeness (QED) is 0.693. The van der Waals surface area contributed by atoms with E-state index >= 15 is 0 Å². The number of hydrogen-bond acceptors (Lipinski definition) is 4. The lowest BCUT2D eigenvalue weighted by Crippen LogP contribution is -2.40. The first-order valence-electron chi connectivity index (χ1n) is 10.4. The van der Waals surface area contributed by atoms with Crippen molar-refractivity contribution in [2.75, 3.05) is 19.8 Å². The standard InChI is InChI=1S/C22H33NO4/c1-5-25-19-12-17(13-20(26-6-2)21(19)27-7-3)22(24)23-14(4)18-11-15-8-9-16(18)10-15/h12-16,18H,5-11H2,1-4H3,(H,23,24)/t14-,15-,16-,18-/m1/s1. The van der Waals surface area contributed by atoms with Gasteiger partial charge in [0.2, 0.25) is 5.75 Å². The van der Waals surface area contributed by atoms with Crippen molar-refractivity contribution in [1.82, 2.24) is 5.32 Å². The third-order valence-electron chi connectivity index (χ3n) is 5.97. The Bertz CT molecular complexity index is 633. The topological polar surface area (TPSA) is 56.8 Å². The lowest BCUT2D eigenvalue weighted by atomic mass is 9.84. The number of carbonyl (C=O) groups excluding carboxylic acids is 1. The lowest BCUT2D eigenvalue weighted by Gasteiger charge is -2.28. The van der Waals surface area contributed by atoms with Gasteiger partial charge in [0.15, 0.2) is 11.5 Å². The van der Waals surface area contributed by atoms with Crippen LogP contribution < -0.4 is 19.5 Å². The smallest absolute Gasteiger partial charge is 0.251 e. The predicted octanol–water partition coefficient (Wildman–Crippen LogP) is 4.44. The summed E-state index contributed by atoms with van der Waals surface area (Å²) in [5.74, 6) is 3.87. The highest BCUT2D eigenvalue weighted by Crippen LogP contribution is 2.49. The molecule has 5 nitrogen and oxygen atoms in total.